The molecule has 3 aromatic carbocycles. The van der Waals surface area contributed by atoms with Crippen molar-refractivity contribution in [1.82, 2.24) is 4.98 Å². The minimum atomic E-state index is -3.82. The van der Waals surface area contributed by atoms with Gasteiger partial charge in [-0.25, -0.2) is 16.8 Å². The highest BCUT2D eigenvalue weighted by atomic mass is 35.5. The van der Waals surface area contributed by atoms with Crippen molar-refractivity contribution < 1.29 is 21.6 Å². The van der Waals surface area contributed by atoms with Crippen molar-refractivity contribution in [2.24, 2.45) is 0 Å². The van der Waals surface area contributed by atoms with Crippen molar-refractivity contribution >= 4 is 54.6 Å². The third-order valence-electron chi connectivity index (χ3n) is 5.30. The highest BCUT2D eigenvalue weighted by molar-refractivity contribution is 7.93. The first-order valence-electron chi connectivity index (χ1n) is 10.8. The van der Waals surface area contributed by atoms with Gasteiger partial charge in [0.15, 0.2) is 0 Å². The van der Waals surface area contributed by atoms with Gasteiger partial charge in [-0.05, 0) is 84.9 Å². The van der Waals surface area contributed by atoms with Crippen LogP contribution >= 0.6 is 11.6 Å². The van der Waals surface area contributed by atoms with Crippen LogP contribution in [0.1, 0.15) is 10.4 Å². The summed E-state index contributed by atoms with van der Waals surface area (Å²) in [5.41, 5.74) is 1.37. The van der Waals surface area contributed by atoms with Crippen molar-refractivity contribution in [2.45, 2.75) is 9.79 Å². The number of sulfonamides is 2. The Morgan fingerprint density at radius 1 is 0.811 bits per heavy atom. The minimum absolute atomic E-state index is 0.0173. The highest BCUT2D eigenvalue weighted by Gasteiger charge is 2.21. The molecule has 0 fully saturated rings. The third-order valence-corrected chi connectivity index (χ3v) is 8.75. The minimum Gasteiger partial charge on any atom is -0.322 e. The van der Waals surface area contributed by atoms with Gasteiger partial charge in [-0.2, -0.15) is 0 Å². The van der Waals surface area contributed by atoms with Crippen LogP contribution in [0.15, 0.2) is 107 Å². The maximum Gasteiger partial charge on any atom is 0.264 e. The Bertz CT molecular complexity index is 1610. The number of amides is 1. The molecular formula is C25H21ClN4O5S2. The quantitative estimate of drug-likeness (QED) is 0.326. The number of benzene rings is 3. The number of rotatable bonds is 8. The molecule has 4 aromatic rings. The molecule has 1 heterocycles. The van der Waals surface area contributed by atoms with Gasteiger partial charge in [-0.3, -0.25) is 18.8 Å². The van der Waals surface area contributed by atoms with E-state index in [4.69, 9.17) is 11.6 Å². The first-order valence-corrected chi connectivity index (χ1v) is 14.1. The number of hydrogen-bond acceptors (Lipinski definition) is 6. The van der Waals surface area contributed by atoms with Gasteiger partial charge in [0, 0.05) is 29.5 Å². The molecule has 0 saturated carbocycles. The first kappa shape index (κ1) is 26.1. The summed E-state index contributed by atoms with van der Waals surface area (Å²) in [5, 5.41) is 3.11. The number of carbonyl (C=O) groups excluding carboxylic acids is 1. The van der Waals surface area contributed by atoms with Gasteiger partial charge < -0.3 is 5.32 Å². The van der Waals surface area contributed by atoms with Crippen LogP contribution in [0.25, 0.3) is 0 Å². The monoisotopic (exact) mass is 556 g/mol. The van der Waals surface area contributed by atoms with Crippen molar-refractivity contribution in [3.63, 3.8) is 0 Å². The number of halogens is 1. The Kier molecular flexibility index (Phi) is 7.48. The second-order valence-electron chi connectivity index (χ2n) is 7.80. The van der Waals surface area contributed by atoms with E-state index in [1.54, 1.807) is 12.1 Å². The number of carbonyl (C=O) groups is 1. The summed E-state index contributed by atoms with van der Waals surface area (Å²) in [7, 11) is -6.22. The van der Waals surface area contributed by atoms with Gasteiger partial charge in [0.05, 0.1) is 27.4 Å². The Labute approximate surface area is 219 Å². The van der Waals surface area contributed by atoms with Crippen LogP contribution in [0.5, 0.6) is 0 Å². The third kappa shape index (κ3) is 6.08. The number of anilines is 3. The van der Waals surface area contributed by atoms with Crippen LogP contribution in [-0.4, -0.2) is 34.8 Å². The summed E-state index contributed by atoms with van der Waals surface area (Å²) in [5.74, 6) is -0.446. The Hall–Kier alpha value is -3.93. The lowest BCUT2D eigenvalue weighted by molar-refractivity contribution is 0.102. The SMILES string of the molecule is CN(c1ccc(C(=O)Nc2ccc(S(=O)(=O)Nc3cccnc3)cc2)cc1)S(=O)(=O)c1ccc(Cl)cc1. The number of nitrogens with zero attached hydrogens (tertiary/aromatic N) is 2. The van der Waals surface area contributed by atoms with E-state index in [0.717, 1.165) is 4.31 Å². The lowest BCUT2D eigenvalue weighted by atomic mass is 10.2. The normalized spacial score (nSPS) is 11.5. The molecule has 0 aliphatic heterocycles. The van der Waals surface area contributed by atoms with Gasteiger partial charge in [0.25, 0.3) is 26.0 Å². The van der Waals surface area contributed by atoms with Gasteiger partial charge in [0.2, 0.25) is 0 Å². The van der Waals surface area contributed by atoms with E-state index >= 15 is 0 Å². The zero-order valence-electron chi connectivity index (χ0n) is 19.4. The summed E-state index contributed by atoms with van der Waals surface area (Å²) in [6, 6.07) is 20.7. The lowest BCUT2D eigenvalue weighted by Crippen LogP contribution is -2.26. The van der Waals surface area contributed by atoms with Crippen LogP contribution in [0.3, 0.4) is 0 Å². The predicted octanol–water partition coefficient (Wildman–Crippen LogP) is 4.61. The number of nitrogens with one attached hydrogen (secondary N) is 2. The van der Waals surface area contributed by atoms with Gasteiger partial charge in [-0.15, -0.1) is 0 Å². The summed E-state index contributed by atoms with van der Waals surface area (Å²) < 4.78 is 54.3. The van der Waals surface area contributed by atoms with Crippen LogP contribution < -0.4 is 14.3 Å². The second-order valence-corrected chi connectivity index (χ2v) is 11.9. The molecule has 190 valence electrons. The van der Waals surface area contributed by atoms with E-state index in [1.165, 1.54) is 92.2 Å². The average Bonchev–Trinajstić information content (AvgIpc) is 2.89. The molecule has 0 atom stereocenters. The number of aromatic nitrogens is 1. The second kappa shape index (κ2) is 10.6. The molecule has 0 aliphatic carbocycles. The fourth-order valence-electron chi connectivity index (χ4n) is 3.28. The summed E-state index contributed by atoms with van der Waals surface area (Å²) in [6.07, 6.45) is 2.92. The van der Waals surface area contributed by atoms with E-state index in [2.05, 4.69) is 15.0 Å². The zero-order valence-corrected chi connectivity index (χ0v) is 21.8. The predicted molar refractivity (Wildman–Crippen MR) is 143 cm³/mol. The van der Waals surface area contributed by atoms with E-state index < -0.39 is 26.0 Å². The molecule has 2 N–H and O–H groups in total. The number of pyridine rings is 1. The average molecular weight is 557 g/mol. The molecule has 0 spiro atoms. The molecule has 1 amide bonds. The smallest absolute Gasteiger partial charge is 0.264 e. The molecule has 0 aliphatic rings. The highest BCUT2D eigenvalue weighted by Crippen LogP contribution is 2.24. The molecular weight excluding hydrogens is 536 g/mol. The molecule has 12 heteroatoms. The molecule has 37 heavy (non-hydrogen) atoms. The summed E-state index contributed by atoms with van der Waals surface area (Å²) in [6.45, 7) is 0. The van der Waals surface area contributed by atoms with E-state index in [-0.39, 0.29) is 15.4 Å². The van der Waals surface area contributed by atoms with Crippen LogP contribution in [-0.2, 0) is 20.0 Å². The van der Waals surface area contributed by atoms with Gasteiger partial charge in [-0.1, -0.05) is 11.6 Å². The Morgan fingerprint density at radius 3 is 2.03 bits per heavy atom. The van der Waals surface area contributed by atoms with E-state index in [1.807, 2.05) is 0 Å². The van der Waals surface area contributed by atoms with E-state index in [9.17, 15) is 21.6 Å². The Balaban J connectivity index is 1.43. The molecule has 9 nitrogen and oxygen atoms in total. The first-order chi connectivity index (χ1) is 17.6. The maximum absolute atomic E-state index is 12.9. The molecule has 0 radical (unpaired) electrons. The van der Waals surface area contributed by atoms with Gasteiger partial charge >= 0.3 is 0 Å². The maximum atomic E-state index is 12.9. The van der Waals surface area contributed by atoms with E-state index in [0.29, 0.717) is 22.1 Å². The summed E-state index contributed by atoms with van der Waals surface area (Å²) >= 11 is 5.84. The lowest BCUT2D eigenvalue weighted by Gasteiger charge is -2.20. The Morgan fingerprint density at radius 2 is 1.43 bits per heavy atom. The van der Waals surface area contributed by atoms with Crippen LogP contribution in [0.4, 0.5) is 17.1 Å². The van der Waals surface area contributed by atoms with Gasteiger partial charge in [0.1, 0.15) is 0 Å². The van der Waals surface area contributed by atoms with Crippen LogP contribution in [0.2, 0.25) is 5.02 Å². The summed E-state index contributed by atoms with van der Waals surface area (Å²) in [4.78, 5) is 16.6. The molecule has 0 unspecified atom stereocenters. The molecule has 4 rings (SSSR count). The van der Waals surface area contributed by atoms with Crippen molar-refractivity contribution in [3.05, 3.63) is 108 Å². The largest absolute Gasteiger partial charge is 0.322 e. The van der Waals surface area contributed by atoms with Crippen molar-refractivity contribution in [2.75, 3.05) is 21.4 Å². The molecule has 0 bridgehead atoms. The van der Waals surface area contributed by atoms with Crippen LogP contribution in [0, 0.1) is 0 Å². The van der Waals surface area contributed by atoms with Crippen molar-refractivity contribution in [1.29, 1.82) is 0 Å². The van der Waals surface area contributed by atoms with Crippen molar-refractivity contribution in [3.8, 4) is 0 Å². The topological polar surface area (TPSA) is 126 Å². The fourth-order valence-corrected chi connectivity index (χ4v) is 5.65. The fraction of sp³-hybridized carbons (Fsp3) is 0.0400. The molecule has 1 aromatic heterocycles. The molecule has 0 saturated heterocycles. The zero-order chi connectivity index (χ0) is 26.6. The standard InChI is InChI=1S/C25H21ClN4O5S2/c1-30(37(34,35)24-12-6-19(26)7-13-24)22-10-4-18(5-11-22)25(31)28-20-8-14-23(15-9-20)36(32,33)29-21-3-2-16-27-17-21/h2-17,29H,1H3,(H,28,31). The number of hydrogen-bond donors (Lipinski definition) is 2.